The number of aliphatic hydroxyl groups excluding tert-OH is 1. The lowest BCUT2D eigenvalue weighted by molar-refractivity contribution is -0.155. The number of rotatable bonds is 21. The van der Waals surface area contributed by atoms with Gasteiger partial charge in [0.15, 0.2) is 33.3 Å². The molecule has 15 atom stereocenters. The van der Waals surface area contributed by atoms with Gasteiger partial charge in [-0.05, 0) is 163 Å². The van der Waals surface area contributed by atoms with Crippen LogP contribution < -0.4 is 16.0 Å². The molecule has 0 radical (unpaired) electrons. The zero-order valence-electron chi connectivity index (χ0n) is 59.3. The Morgan fingerprint density at radius 2 is 0.707 bits per heavy atom. The summed E-state index contributed by atoms with van der Waals surface area (Å²) in [4.78, 5) is 46.6. The van der Waals surface area contributed by atoms with Crippen LogP contribution in [0, 0.1) is 71.0 Å². The molecule has 3 fully saturated rings. The van der Waals surface area contributed by atoms with E-state index in [1.807, 2.05) is 0 Å². The summed E-state index contributed by atoms with van der Waals surface area (Å²) < 4.78 is 32.4. The summed E-state index contributed by atoms with van der Waals surface area (Å²) in [6.45, 7) is 74.7. The summed E-state index contributed by atoms with van der Waals surface area (Å²) in [7, 11) is -7.58. The minimum atomic E-state index is -1.95. The Morgan fingerprint density at radius 1 is 0.439 bits per heavy atom. The highest BCUT2D eigenvalue weighted by Gasteiger charge is 2.51. The quantitative estimate of drug-likeness (QED) is 0.0641. The molecule has 4 N–H and O–H groups in total. The Bertz CT molecular complexity index is 2020. The van der Waals surface area contributed by atoms with Crippen molar-refractivity contribution in [1.82, 2.24) is 16.0 Å². The zero-order chi connectivity index (χ0) is 64.6. The van der Waals surface area contributed by atoms with Crippen molar-refractivity contribution in [2.75, 3.05) is 19.8 Å². The molecule has 82 heavy (non-hydrogen) atoms. The number of carbonyl (C=O) groups is 4. The zero-order valence-corrected chi connectivity index (χ0v) is 63.3. The van der Waals surface area contributed by atoms with Crippen LogP contribution in [0.5, 0.6) is 0 Å². The van der Waals surface area contributed by atoms with E-state index in [2.05, 4.69) is 214 Å². The summed E-state index contributed by atoms with van der Waals surface area (Å²) in [5.74, 6) is 4.48. The maximum Gasteiger partial charge on any atom is 0.302 e. The molecule has 0 aromatic carbocycles. The van der Waals surface area contributed by atoms with Gasteiger partial charge in [0.1, 0.15) is 6.10 Å². The SMILES string of the molecule is CC(=O)NC1C(O)CC(CO[Si](C)(C)C(C)(C)C(C)C)C(C)C1C.CC(=O)NC1C(OC(C)=O)CC(CO[Si](C)(C)C(C)(C)C(C)C)C(C)C1C.CC(=O)NC1C(O[Si](C)(C)C(C)(C)C)CC(CO[Si](C)(C)C(C)(C)C(C)C)C(C)C1C. The molecule has 0 aromatic rings. The summed E-state index contributed by atoms with van der Waals surface area (Å²) in [6.07, 6.45) is 1.64. The molecule has 13 nitrogen and oxygen atoms in total. The second-order valence-corrected chi connectivity index (χ2v) is 50.6. The molecule has 3 amide bonds. The second kappa shape index (κ2) is 30.6. The van der Waals surface area contributed by atoms with Crippen LogP contribution in [0.3, 0.4) is 0 Å². The van der Waals surface area contributed by atoms with Gasteiger partial charge in [-0.1, -0.05) is 145 Å². The Hall–Kier alpha value is -1.45. The van der Waals surface area contributed by atoms with Gasteiger partial charge < -0.3 is 43.5 Å². The molecule has 484 valence electrons. The maximum atomic E-state index is 12.0. The molecule has 3 rings (SSSR count). The van der Waals surface area contributed by atoms with Crippen LogP contribution in [0.1, 0.15) is 192 Å². The molecule has 0 aromatic heterocycles. The van der Waals surface area contributed by atoms with Gasteiger partial charge in [-0.25, -0.2) is 0 Å². The lowest BCUT2D eigenvalue weighted by Gasteiger charge is -2.50. The minimum Gasteiger partial charge on any atom is -0.460 e. The molecular formula is C65H133N3O10Si4. The number of carbonyl (C=O) groups excluding carboxylic acids is 4. The molecule has 0 heterocycles. The fourth-order valence-corrected chi connectivity index (χ4v) is 20.5. The molecule has 0 bridgehead atoms. The lowest BCUT2D eigenvalue weighted by atomic mass is 9.70. The van der Waals surface area contributed by atoms with Crippen molar-refractivity contribution >= 4 is 57.0 Å². The summed E-state index contributed by atoms with van der Waals surface area (Å²) in [5, 5.41) is 20.4. The third-order valence-corrected chi connectivity index (χ3v) is 42.1. The first kappa shape index (κ1) is 78.6. The molecule has 3 aliphatic carbocycles. The van der Waals surface area contributed by atoms with Crippen molar-refractivity contribution in [2.45, 2.75) is 301 Å². The van der Waals surface area contributed by atoms with Crippen molar-refractivity contribution in [3.8, 4) is 0 Å². The van der Waals surface area contributed by atoms with Gasteiger partial charge in [-0.2, -0.15) is 0 Å². The maximum absolute atomic E-state index is 12.0. The summed E-state index contributed by atoms with van der Waals surface area (Å²) in [6, 6.07) is -0.226. The third kappa shape index (κ3) is 20.6. The average molecular weight is 1230 g/mol. The van der Waals surface area contributed by atoms with Gasteiger partial charge in [-0.15, -0.1) is 0 Å². The Balaban J connectivity index is 0.000000620. The standard InChI is InChI=1S/C25H53NO3Si2.C21H41NO4Si.C19H39NO3Si/c1-17(2)25(9,10)31(13,14)28-16-21-15-22(29-30(11,12)24(6,7)8)23(26-20(5)27)19(4)18(21)3;1-13(2)21(7,8)27(9,10)25-12-18-11-19(26-17(6)24)20(22-16(5)23)15(4)14(18)3;1-12(2)19(6,7)24(8,9)23-11-16-10-17(22)18(20-15(5)21)14(4)13(16)3/h17-19,21-23H,15-16H2,1-14H3,(H,26,27);13-15,18-20H,11-12H2,1-10H3,(H,22,23);12-14,16-18,22H,10-11H2,1-9H3,(H,20,21). The summed E-state index contributed by atoms with van der Waals surface area (Å²) >= 11 is 0. The third-order valence-electron chi connectivity index (χ3n) is 23.9. The lowest BCUT2D eigenvalue weighted by Crippen LogP contribution is -2.59. The second-order valence-electron chi connectivity index (χ2n) is 32.0. The van der Waals surface area contributed by atoms with Gasteiger partial charge in [0.25, 0.3) is 0 Å². The number of esters is 1. The number of aliphatic hydroxyl groups is 1. The number of ether oxygens (including phenoxy) is 1. The van der Waals surface area contributed by atoms with Crippen LogP contribution in [-0.4, -0.2) is 118 Å². The number of hydrogen-bond donors (Lipinski definition) is 4. The van der Waals surface area contributed by atoms with E-state index in [1.165, 1.54) is 20.8 Å². The highest BCUT2D eigenvalue weighted by Crippen LogP contribution is 2.49. The number of hydrogen-bond acceptors (Lipinski definition) is 10. The van der Waals surface area contributed by atoms with Crippen LogP contribution in [-0.2, 0) is 41.6 Å². The molecule has 0 saturated heterocycles. The van der Waals surface area contributed by atoms with Gasteiger partial charge in [-0.3, -0.25) is 19.2 Å². The predicted molar refractivity (Wildman–Crippen MR) is 353 cm³/mol. The largest absolute Gasteiger partial charge is 0.460 e. The van der Waals surface area contributed by atoms with E-state index >= 15 is 0 Å². The molecule has 3 saturated carbocycles. The van der Waals surface area contributed by atoms with E-state index < -0.39 is 39.4 Å². The fraction of sp³-hybridized carbons (Fsp3) is 0.938. The molecule has 15 unspecified atom stereocenters. The van der Waals surface area contributed by atoms with Crippen molar-refractivity contribution < 1.29 is 46.7 Å². The number of nitrogens with one attached hydrogen (secondary N) is 3. The summed E-state index contributed by atoms with van der Waals surface area (Å²) in [5.41, 5.74) is 0. The highest BCUT2D eigenvalue weighted by molar-refractivity contribution is 6.75. The Morgan fingerprint density at radius 3 is 0.988 bits per heavy atom. The van der Waals surface area contributed by atoms with E-state index in [4.69, 9.17) is 22.4 Å². The predicted octanol–water partition coefficient (Wildman–Crippen LogP) is 15.0. The Kier molecular flexibility index (Phi) is 29.4. The molecular weight excluding hydrogens is 1100 g/mol. The van der Waals surface area contributed by atoms with Crippen LogP contribution in [0.15, 0.2) is 0 Å². The minimum absolute atomic E-state index is 0.0369. The molecule has 0 aliphatic heterocycles. The van der Waals surface area contributed by atoms with E-state index in [9.17, 15) is 24.3 Å². The van der Waals surface area contributed by atoms with Crippen molar-refractivity contribution in [3.63, 3.8) is 0 Å². The van der Waals surface area contributed by atoms with Gasteiger partial charge in [0.2, 0.25) is 17.7 Å². The van der Waals surface area contributed by atoms with Crippen LogP contribution in [0.4, 0.5) is 0 Å². The van der Waals surface area contributed by atoms with Crippen LogP contribution in [0.2, 0.25) is 72.5 Å². The molecule has 17 heteroatoms. The van der Waals surface area contributed by atoms with Gasteiger partial charge >= 0.3 is 5.97 Å². The highest BCUT2D eigenvalue weighted by atomic mass is 28.4. The number of amides is 3. The van der Waals surface area contributed by atoms with Crippen molar-refractivity contribution in [3.05, 3.63) is 0 Å². The first-order valence-electron chi connectivity index (χ1n) is 32.0. The van der Waals surface area contributed by atoms with Crippen LogP contribution in [0.25, 0.3) is 0 Å². The van der Waals surface area contributed by atoms with E-state index in [0.29, 0.717) is 78.8 Å². The first-order chi connectivity index (χ1) is 36.8. The van der Waals surface area contributed by atoms with Gasteiger partial charge in [0.05, 0.1) is 30.3 Å². The van der Waals surface area contributed by atoms with E-state index in [0.717, 1.165) is 19.4 Å². The molecule has 3 aliphatic rings. The van der Waals surface area contributed by atoms with Crippen LogP contribution >= 0.6 is 0 Å². The first-order valence-corrected chi connectivity index (χ1v) is 43.7. The van der Waals surface area contributed by atoms with Crippen molar-refractivity contribution in [1.29, 1.82) is 0 Å². The smallest absolute Gasteiger partial charge is 0.302 e. The monoisotopic (exact) mass is 1230 g/mol. The normalized spacial score (nSPS) is 29.9. The Labute approximate surface area is 509 Å². The topological polar surface area (TPSA) is 171 Å². The fourth-order valence-electron chi connectivity index (χ4n) is 11.9. The van der Waals surface area contributed by atoms with E-state index in [-0.39, 0.29) is 86.0 Å². The average Bonchev–Trinajstić information content (AvgIpc) is 3.38. The van der Waals surface area contributed by atoms with Gasteiger partial charge in [0, 0.05) is 47.5 Å². The molecule has 0 spiro atoms. The van der Waals surface area contributed by atoms with Crippen molar-refractivity contribution in [2.24, 2.45) is 71.0 Å². The van der Waals surface area contributed by atoms with E-state index in [1.54, 1.807) is 6.92 Å².